The van der Waals surface area contributed by atoms with Gasteiger partial charge in [0, 0.05) is 0 Å². The van der Waals surface area contributed by atoms with E-state index in [9.17, 15) is 0 Å². The standard InChI is InChI=1S/C17H26/c1-7-11-17(5,6)16-12-15(13(3)8-2)10-9-14(16)4/h8-10,12H,7,11H2,1-6H3/b13-8+. The van der Waals surface area contributed by atoms with Crippen LogP contribution in [0.15, 0.2) is 24.3 Å². The van der Waals surface area contributed by atoms with Gasteiger partial charge in [-0.1, -0.05) is 51.5 Å². The van der Waals surface area contributed by atoms with Crippen LogP contribution in [-0.4, -0.2) is 0 Å². The van der Waals surface area contributed by atoms with Gasteiger partial charge < -0.3 is 0 Å². The van der Waals surface area contributed by atoms with Crippen molar-refractivity contribution in [3.63, 3.8) is 0 Å². The van der Waals surface area contributed by atoms with Gasteiger partial charge in [-0.15, -0.1) is 0 Å². The summed E-state index contributed by atoms with van der Waals surface area (Å²) in [6.07, 6.45) is 4.66. The first-order chi connectivity index (χ1) is 7.92. The summed E-state index contributed by atoms with van der Waals surface area (Å²) in [5.41, 5.74) is 5.91. The van der Waals surface area contributed by atoms with Gasteiger partial charge in [0.1, 0.15) is 0 Å². The molecule has 94 valence electrons. The summed E-state index contributed by atoms with van der Waals surface area (Å²) >= 11 is 0. The molecule has 0 spiro atoms. The van der Waals surface area contributed by atoms with Gasteiger partial charge in [0.2, 0.25) is 0 Å². The minimum absolute atomic E-state index is 0.281. The first-order valence-corrected chi connectivity index (χ1v) is 6.66. The summed E-state index contributed by atoms with van der Waals surface area (Å²) in [4.78, 5) is 0. The number of hydrogen-bond donors (Lipinski definition) is 0. The molecule has 0 N–H and O–H groups in total. The third kappa shape index (κ3) is 3.21. The summed E-state index contributed by atoms with van der Waals surface area (Å²) in [6.45, 7) is 13.5. The highest BCUT2D eigenvalue weighted by Gasteiger charge is 2.21. The monoisotopic (exact) mass is 230 g/mol. The molecule has 0 unspecified atom stereocenters. The molecule has 0 bridgehead atoms. The lowest BCUT2D eigenvalue weighted by Crippen LogP contribution is -2.18. The molecule has 0 saturated heterocycles. The van der Waals surface area contributed by atoms with E-state index in [1.807, 2.05) is 0 Å². The summed E-state index contributed by atoms with van der Waals surface area (Å²) in [5, 5.41) is 0. The molecular weight excluding hydrogens is 204 g/mol. The summed E-state index contributed by atoms with van der Waals surface area (Å²) in [6, 6.07) is 6.87. The zero-order chi connectivity index (χ0) is 13.1. The highest BCUT2D eigenvalue weighted by atomic mass is 14.3. The van der Waals surface area contributed by atoms with Crippen molar-refractivity contribution in [2.24, 2.45) is 0 Å². The fourth-order valence-corrected chi connectivity index (χ4v) is 2.52. The number of aryl methyl sites for hydroxylation is 1. The Morgan fingerprint density at radius 1 is 1.29 bits per heavy atom. The van der Waals surface area contributed by atoms with E-state index < -0.39 is 0 Å². The van der Waals surface area contributed by atoms with Crippen LogP contribution in [0.5, 0.6) is 0 Å². The number of allylic oxidation sites excluding steroid dienone is 2. The molecule has 0 aromatic heterocycles. The minimum atomic E-state index is 0.281. The van der Waals surface area contributed by atoms with Crippen LogP contribution in [0.3, 0.4) is 0 Å². The van der Waals surface area contributed by atoms with Crippen LogP contribution in [0.2, 0.25) is 0 Å². The molecule has 0 atom stereocenters. The van der Waals surface area contributed by atoms with Crippen molar-refractivity contribution in [3.05, 3.63) is 41.0 Å². The van der Waals surface area contributed by atoms with E-state index in [4.69, 9.17) is 0 Å². The second-order valence-electron chi connectivity index (χ2n) is 5.64. The van der Waals surface area contributed by atoms with Gasteiger partial charge in [0.15, 0.2) is 0 Å². The zero-order valence-corrected chi connectivity index (χ0v) is 12.2. The minimum Gasteiger partial charge on any atom is -0.0841 e. The maximum atomic E-state index is 2.38. The van der Waals surface area contributed by atoms with E-state index in [1.54, 1.807) is 0 Å². The normalized spacial score (nSPS) is 12.9. The van der Waals surface area contributed by atoms with Crippen molar-refractivity contribution in [1.82, 2.24) is 0 Å². The van der Waals surface area contributed by atoms with Crippen LogP contribution in [0, 0.1) is 6.92 Å². The largest absolute Gasteiger partial charge is 0.0841 e. The molecule has 17 heavy (non-hydrogen) atoms. The van der Waals surface area contributed by atoms with E-state index in [1.165, 1.54) is 35.1 Å². The van der Waals surface area contributed by atoms with Gasteiger partial charge in [0.05, 0.1) is 0 Å². The molecule has 0 saturated carbocycles. The average molecular weight is 230 g/mol. The molecule has 0 aliphatic heterocycles. The SMILES string of the molecule is C/C=C(\C)c1ccc(C)c(C(C)(C)CCC)c1. The van der Waals surface area contributed by atoms with Crippen LogP contribution < -0.4 is 0 Å². The van der Waals surface area contributed by atoms with E-state index in [-0.39, 0.29) is 5.41 Å². The summed E-state index contributed by atoms with van der Waals surface area (Å²) in [7, 11) is 0. The fourth-order valence-electron chi connectivity index (χ4n) is 2.52. The molecule has 0 aliphatic carbocycles. The predicted octanol–water partition coefficient (Wildman–Crippen LogP) is 5.50. The lowest BCUT2D eigenvalue weighted by molar-refractivity contribution is 0.470. The first-order valence-electron chi connectivity index (χ1n) is 6.66. The molecule has 1 aromatic rings. The summed E-state index contributed by atoms with van der Waals surface area (Å²) < 4.78 is 0. The smallest absolute Gasteiger partial charge is 0.0101 e. The lowest BCUT2D eigenvalue weighted by Gasteiger charge is -2.27. The molecule has 0 aliphatic rings. The quantitative estimate of drug-likeness (QED) is 0.641. The third-order valence-electron chi connectivity index (χ3n) is 3.73. The molecule has 0 nitrogen and oxygen atoms in total. The van der Waals surface area contributed by atoms with Crippen molar-refractivity contribution in [1.29, 1.82) is 0 Å². The molecule has 1 rings (SSSR count). The third-order valence-corrected chi connectivity index (χ3v) is 3.73. The Hall–Kier alpha value is -1.04. The molecular formula is C17H26. The highest BCUT2D eigenvalue weighted by molar-refractivity contribution is 5.64. The summed E-state index contributed by atoms with van der Waals surface area (Å²) in [5.74, 6) is 0. The number of benzene rings is 1. The van der Waals surface area contributed by atoms with Crippen molar-refractivity contribution in [3.8, 4) is 0 Å². The topological polar surface area (TPSA) is 0 Å². The Bertz CT molecular complexity index is 408. The van der Waals surface area contributed by atoms with Gasteiger partial charge in [-0.05, 0) is 54.9 Å². The van der Waals surface area contributed by atoms with Crippen LogP contribution in [-0.2, 0) is 5.41 Å². The Balaban J connectivity index is 3.24. The number of rotatable bonds is 4. The molecule has 0 radical (unpaired) electrons. The first kappa shape index (κ1) is 14.0. The Morgan fingerprint density at radius 2 is 1.94 bits per heavy atom. The fraction of sp³-hybridized carbons (Fsp3) is 0.529. The highest BCUT2D eigenvalue weighted by Crippen LogP contribution is 2.32. The van der Waals surface area contributed by atoms with Crippen molar-refractivity contribution < 1.29 is 0 Å². The molecule has 0 amide bonds. The molecule has 0 heteroatoms. The van der Waals surface area contributed by atoms with Gasteiger partial charge in [-0.3, -0.25) is 0 Å². The Kier molecular flexibility index (Phi) is 4.56. The predicted molar refractivity (Wildman–Crippen MR) is 78.4 cm³/mol. The molecule has 0 fully saturated rings. The Labute approximate surface area is 107 Å². The second kappa shape index (κ2) is 5.53. The van der Waals surface area contributed by atoms with Gasteiger partial charge >= 0.3 is 0 Å². The lowest BCUT2D eigenvalue weighted by atomic mass is 9.77. The van der Waals surface area contributed by atoms with Crippen LogP contribution in [0.25, 0.3) is 5.57 Å². The van der Waals surface area contributed by atoms with E-state index in [2.05, 4.69) is 65.8 Å². The van der Waals surface area contributed by atoms with Crippen molar-refractivity contribution in [2.75, 3.05) is 0 Å². The average Bonchev–Trinajstić information content (AvgIpc) is 2.28. The van der Waals surface area contributed by atoms with Gasteiger partial charge in [-0.25, -0.2) is 0 Å². The van der Waals surface area contributed by atoms with Crippen LogP contribution >= 0.6 is 0 Å². The zero-order valence-electron chi connectivity index (χ0n) is 12.2. The second-order valence-corrected chi connectivity index (χ2v) is 5.64. The maximum absolute atomic E-state index is 2.38. The molecule has 1 aromatic carbocycles. The maximum Gasteiger partial charge on any atom is -0.0101 e. The van der Waals surface area contributed by atoms with Crippen molar-refractivity contribution in [2.45, 2.75) is 59.8 Å². The molecule has 0 heterocycles. The Morgan fingerprint density at radius 3 is 2.47 bits per heavy atom. The van der Waals surface area contributed by atoms with Gasteiger partial charge in [-0.2, -0.15) is 0 Å². The van der Waals surface area contributed by atoms with E-state index in [0.717, 1.165) is 0 Å². The van der Waals surface area contributed by atoms with Crippen molar-refractivity contribution >= 4 is 5.57 Å². The van der Waals surface area contributed by atoms with Gasteiger partial charge in [0.25, 0.3) is 0 Å². The van der Waals surface area contributed by atoms with Crippen LogP contribution in [0.1, 0.15) is 64.2 Å². The number of hydrogen-bond acceptors (Lipinski definition) is 0. The van der Waals surface area contributed by atoms with E-state index in [0.29, 0.717) is 0 Å². The van der Waals surface area contributed by atoms with Crippen LogP contribution in [0.4, 0.5) is 0 Å². The van der Waals surface area contributed by atoms with E-state index >= 15 is 0 Å².